The fraction of sp³-hybridized carbons (Fsp3) is 0.714. The van der Waals surface area contributed by atoms with Gasteiger partial charge in [0.05, 0.1) is 0 Å². The number of hydrogen-bond donors (Lipinski definition) is 2. The highest BCUT2D eigenvalue weighted by atomic mass is 16.3. The van der Waals surface area contributed by atoms with Gasteiger partial charge in [0.25, 0.3) is 0 Å². The summed E-state index contributed by atoms with van der Waals surface area (Å²) in [6.45, 7) is 10.2. The van der Waals surface area contributed by atoms with Crippen molar-refractivity contribution < 1.29 is 5.11 Å². The van der Waals surface area contributed by atoms with Crippen LogP contribution in [0.3, 0.4) is 0 Å². The first kappa shape index (κ1) is 15.7. The van der Waals surface area contributed by atoms with E-state index < -0.39 is 0 Å². The molecule has 0 unspecified atom stereocenters. The maximum Gasteiger partial charge on any atom is 0.137 e. The Labute approximate surface area is 116 Å². The third-order valence-electron chi connectivity index (χ3n) is 3.16. The molecule has 0 radical (unpaired) electrons. The monoisotopic (exact) mass is 266 g/mol. The molecule has 5 nitrogen and oxygen atoms in total. The zero-order valence-corrected chi connectivity index (χ0v) is 12.7. The normalized spacial score (nSPS) is 10.9. The molecular weight excluding hydrogens is 240 g/mol. The van der Waals surface area contributed by atoms with E-state index in [1.54, 1.807) is 0 Å². The molecule has 0 aliphatic rings. The molecule has 108 valence electrons. The quantitative estimate of drug-likeness (QED) is 0.792. The van der Waals surface area contributed by atoms with E-state index in [1.807, 2.05) is 14.0 Å². The Hall–Kier alpha value is -1.36. The minimum Gasteiger partial charge on any atom is -0.396 e. The summed E-state index contributed by atoms with van der Waals surface area (Å²) in [4.78, 5) is 11.4. The van der Waals surface area contributed by atoms with Gasteiger partial charge < -0.3 is 15.3 Å². The predicted molar refractivity (Wildman–Crippen MR) is 80.0 cm³/mol. The van der Waals surface area contributed by atoms with Crippen LogP contribution in [0, 0.1) is 6.92 Å². The number of nitrogens with zero attached hydrogens (tertiary/aromatic N) is 3. The number of nitrogens with one attached hydrogen (secondary N) is 1. The number of hydrogen-bond acceptors (Lipinski definition) is 5. The van der Waals surface area contributed by atoms with Gasteiger partial charge in [-0.25, -0.2) is 9.97 Å². The molecule has 1 heterocycles. The molecule has 1 aromatic rings. The lowest BCUT2D eigenvalue weighted by atomic mass is 10.2. The van der Waals surface area contributed by atoms with Crippen molar-refractivity contribution in [2.24, 2.45) is 0 Å². The van der Waals surface area contributed by atoms with Crippen LogP contribution in [0.4, 0.5) is 11.6 Å². The Morgan fingerprint density at radius 1 is 1.32 bits per heavy atom. The molecule has 0 saturated carbocycles. The Bertz CT molecular complexity index is 407. The first-order valence-electron chi connectivity index (χ1n) is 6.97. The van der Waals surface area contributed by atoms with Gasteiger partial charge in [-0.3, -0.25) is 0 Å². The Morgan fingerprint density at radius 2 is 2.00 bits per heavy atom. The summed E-state index contributed by atoms with van der Waals surface area (Å²) in [5.74, 6) is 3.01. The summed E-state index contributed by atoms with van der Waals surface area (Å²) < 4.78 is 0. The summed E-state index contributed by atoms with van der Waals surface area (Å²) >= 11 is 0. The lowest BCUT2D eigenvalue weighted by Crippen LogP contribution is -2.27. The van der Waals surface area contributed by atoms with Gasteiger partial charge in [0.2, 0.25) is 0 Å². The minimum absolute atomic E-state index is 0.205. The van der Waals surface area contributed by atoms with Crippen molar-refractivity contribution in [1.29, 1.82) is 0 Å². The molecule has 0 aliphatic heterocycles. The molecule has 0 fully saturated rings. The van der Waals surface area contributed by atoms with E-state index in [1.165, 1.54) is 0 Å². The van der Waals surface area contributed by atoms with Crippen molar-refractivity contribution in [1.82, 2.24) is 9.97 Å². The average Bonchev–Trinajstić information content (AvgIpc) is 2.40. The Balaban J connectivity index is 3.18. The van der Waals surface area contributed by atoms with Crippen molar-refractivity contribution in [3.8, 4) is 0 Å². The van der Waals surface area contributed by atoms with Crippen LogP contribution in [0.5, 0.6) is 0 Å². The highest BCUT2D eigenvalue weighted by Crippen LogP contribution is 2.25. The van der Waals surface area contributed by atoms with Crippen LogP contribution in [0.1, 0.15) is 44.5 Å². The fourth-order valence-electron chi connectivity index (χ4n) is 2.01. The van der Waals surface area contributed by atoms with Crippen LogP contribution in [0.2, 0.25) is 0 Å². The summed E-state index contributed by atoms with van der Waals surface area (Å²) in [7, 11) is 1.88. The maximum atomic E-state index is 9.00. The van der Waals surface area contributed by atoms with Gasteiger partial charge in [-0.15, -0.1) is 0 Å². The van der Waals surface area contributed by atoms with E-state index in [9.17, 15) is 0 Å². The third kappa shape index (κ3) is 3.80. The summed E-state index contributed by atoms with van der Waals surface area (Å²) in [5, 5.41) is 12.1. The molecule has 0 aliphatic carbocycles. The number of rotatable bonds is 7. The molecule has 1 rings (SSSR count). The van der Waals surface area contributed by atoms with E-state index in [0.717, 1.165) is 42.5 Å². The second kappa shape index (κ2) is 7.28. The van der Waals surface area contributed by atoms with E-state index in [0.29, 0.717) is 5.92 Å². The zero-order valence-electron chi connectivity index (χ0n) is 12.7. The van der Waals surface area contributed by atoms with E-state index >= 15 is 0 Å². The first-order valence-corrected chi connectivity index (χ1v) is 6.97. The molecule has 0 aromatic carbocycles. The van der Waals surface area contributed by atoms with Gasteiger partial charge in [0.1, 0.15) is 17.5 Å². The maximum absolute atomic E-state index is 9.00. The van der Waals surface area contributed by atoms with Crippen LogP contribution in [-0.2, 0) is 0 Å². The van der Waals surface area contributed by atoms with Crippen molar-refractivity contribution >= 4 is 11.6 Å². The van der Waals surface area contributed by atoms with Gasteiger partial charge in [0.15, 0.2) is 0 Å². The van der Waals surface area contributed by atoms with Crippen LogP contribution in [0.15, 0.2) is 0 Å². The molecule has 2 N–H and O–H groups in total. The van der Waals surface area contributed by atoms with Gasteiger partial charge >= 0.3 is 0 Å². The van der Waals surface area contributed by atoms with E-state index in [4.69, 9.17) is 10.1 Å². The SMILES string of the molecule is CCN(CCCO)c1nc(C(C)C)nc(NC)c1C. The van der Waals surface area contributed by atoms with Gasteiger partial charge in [0, 0.05) is 38.2 Å². The van der Waals surface area contributed by atoms with Crippen molar-refractivity contribution in [2.75, 3.05) is 37.0 Å². The largest absolute Gasteiger partial charge is 0.396 e. The first-order chi connectivity index (χ1) is 9.04. The smallest absolute Gasteiger partial charge is 0.137 e. The molecule has 0 atom stereocenters. The molecule has 1 aromatic heterocycles. The molecule has 0 amide bonds. The fourth-order valence-corrected chi connectivity index (χ4v) is 2.01. The predicted octanol–water partition coefficient (Wildman–Crippen LogP) is 2.16. The average molecular weight is 266 g/mol. The molecule has 0 saturated heterocycles. The lowest BCUT2D eigenvalue weighted by Gasteiger charge is -2.25. The zero-order chi connectivity index (χ0) is 14.4. The van der Waals surface area contributed by atoms with Gasteiger partial charge in [-0.2, -0.15) is 0 Å². The number of anilines is 2. The van der Waals surface area contributed by atoms with Crippen LogP contribution in [-0.4, -0.2) is 41.8 Å². The highest BCUT2D eigenvalue weighted by Gasteiger charge is 2.16. The molecular formula is C14H26N4O. The van der Waals surface area contributed by atoms with Crippen LogP contribution < -0.4 is 10.2 Å². The summed E-state index contributed by atoms with van der Waals surface area (Å²) in [5.41, 5.74) is 1.06. The van der Waals surface area contributed by atoms with Crippen molar-refractivity contribution in [2.45, 2.75) is 40.0 Å². The number of aliphatic hydroxyl groups is 1. The van der Waals surface area contributed by atoms with Gasteiger partial charge in [-0.1, -0.05) is 13.8 Å². The molecule has 19 heavy (non-hydrogen) atoms. The number of aromatic nitrogens is 2. The van der Waals surface area contributed by atoms with Crippen molar-refractivity contribution in [3.05, 3.63) is 11.4 Å². The van der Waals surface area contributed by atoms with Gasteiger partial charge in [-0.05, 0) is 20.3 Å². The van der Waals surface area contributed by atoms with Crippen LogP contribution in [0.25, 0.3) is 0 Å². The molecule has 0 spiro atoms. The summed E-state index contributed by atoms with van der Waals surface area (Å²) in [6.07, 6.45) is 0.753. The Kier molecular flexibility index (Phi) is 6.02. The minimum atomic E-state index is 0.205. The van der Waals surface area contributed by atoms with E-state index in [2.05, 4.69) is 36.0 Å². The third-order valence-corrected chi connectivity index (χ3v) is 3.16. The molecule has 0 bridgehead atoms. The van der Waals surface area contributed by atoms with Crippen molar-refractivity contribution in [3.63, 3.8) is 0 Å². The van der Waals surface area contributed by atoms with Crippen LogP contribution >= 0.6 is 0 Å². The Morgan fingerprint density at radius 3 is 2.47 bits per heavy atom. The lowest BCUT2D eigenvalue weighted by molar-refractivity contribution is 0.289. The van der Waals surface area contributed by atoms with E-state index in [-0.39, 0.29) is 6.61 Å². The standard InChI is InChI=1S/C14H26N4O/c1-6-18(8-7-9-19)14-11(4)13(15-5)16-12(17-14)10(2)3/h10,19H,6-9H2,1-5H3,(H,15,16,17). The number of aliphatic hydroxyl groups excluding tert-OH is 1. The summed E-state index contributed by atoms with van der Waals surface area (Å²) in [6, 6.07) is 0. The highest BCUT2D eigenvalue weighted by molar-refractivity contribution is 5.58. The second-order valence-corrected chi connectivity index (χ2v) is 4.94. The topological polar surface area (TPSA) is 61.3 Å². The second-order valence-electron chi connectivity index (χ2n) is 4.94. The molecule has 5 heteroatoms.